The number of aryl methyl sites for hydroxylation is 1. The number of rotatable bonds is 2. The monoisotopic (exact) mass is 241 g/mol. The molecule has 2 rings (SSSR count). The summed E-state index contributed by atoms with van der Waals surface area (Å²) >= 11 is 11.7. The van der Waals surface area contributed by atoms with E-state index in [1.54, 1.807) is 36.0 Å². The third kappa shape index (κ3) is 2.43. The van der Waals surface area contributed by atoms with Crippen LogP contribution in [-0.4, -0.2) is 9.78 Å². The SMILES string of the molecule is Cn1n[c]cc1Oc1cc(Cl)cc(Cl)c1. The van der Waals surface area contributed by atoms with Gasteiger partial charge in [-0.1, -0.05) is 23.2 Å². The summed E-state index contributed by atoms with van der Waals surface area (Å²) in [6.07, 6.45) is 2.67. The molecule has 0 saturated carbocycles. The Morgan fingerprint density at radius 3 is 2.47 bits per heavy atom. The normalized spacial score (nSPS) is 10.3. The number of hydrogen-bond donors (Lipinski definition) is 0. The van der Waals surface area contributed by atoms with Crippen LogP contribution in [0.15, 0.2) is 24.3 Å². The first-order valence-corrected chi connectivity index (χ1v) is 4.95. The van der Waals surface area contributed by atoms with Gasteiger partial charge in [-0.25, -0.2) is 4.68 Å². The van der Waals surface area contributed by atoms with Crippen LogP contribution < -0.4 is 4.74 Å². The fraction of sp³-hybridized carbons (Fsp3) is 0.100. The summed E-state index contributed by atoms with van der Waals surface area (Å²) in [7, 11) is 1.76. The van der Waals surface area contributed by atoms with E-state index in [0.29, 0.717) is 21.7 Å². The summed E-state index contributed by atoms with van der Waals surface area (Å²) in [4.78, 5) is 0. The van der Waals surface area contributed by atoms with Gasteiger partial charge in [-0.15, -0.1) is 0 Å². The Hall–Kier alpha value is -1.19. The number of hydrogen-bond acceptors (Lipinski definition) is 2. The maximum atomic E-state index is 5.84. The van der Waals surface area contributed by atoms with Crippen LogP contribution in [0.3, 0.4) is 0 Å². The van der Waals surface area contributed by atoms with Crippen LogP contribution in [0, 0.1) is 6.20 Å². The van der Waals surface area contributed by atoms with Crippen LogP contribution in [0.25, 0.3) is 0 Å². The molecular formula is C10H7Cl2N2O. The van der Waals surface area contributed by atoms with Gasteiger partial charge in [0.2, 0.25) is 5.88 Å². The molecule has 0 amide bonds. The molecule has 2 aromatic rings. The fourth-order valence-electron chi connectivity index (χ4n) is 1.12. The largest absolute Gasteiger partial charge is 0.439 e. The molecule has 0 aliphatic carbocycles. The quantitative estimate of drug-likeness (QED) is 0.807. The highest BCUT2D eigenvalue weighted by Crippen LogP contribution is 2.27. The van der Waals surface area contributed by atoms with E-state index in [9.17, 15) is 0 Å². The Morgan fingerprint density at radius 1 is 1.27 bits per heavy atom. The van der Waals surface area contributed by atoms with Crippen molar-refractivity contribution in [2.45, 2.75) is 0 Å². The van der Waals surface area contributed by atoms with Crippen molar-refractivity contribution in [2.24, 2.45) is 7.05 Å². The molecule has 1 radical (unpaired) electrons. The van der Waals surface area contributed by atoms with E-state index in [0.717, 1.165) is 0 Å². The molecule has 3 nitrogen and oxygen atoms in total. The van der Waals surface area contributed by atoms with Crippen LogP contribution in [-0.2, 0) is 7.05 Å². The second-order valence-corrected chi connectivity index (χ2v) is 3.82. The molecule has 0 N–H and O–H groups in total. The first-order chi connectivity index (χ1) is 7.15. The first-order valence-electron chi connectivity index (χ1n) is 4.19. The second kappa shape index (κ2) is 4.13. The van der Waals surface area contributed by atoms with Crippen molar-refractivity contribution in [3.05, 3.63) is 40.5 Å². The van der Waals surface area contributed by atoms with E-state index in [1.807, 2.05) is 0 Å². The molecule has 1 aromatic carbocycles. The maximum Gasteiger partial charge on any atom is 0.218 e. The van der Waals surface area contributed by atoms with Gasteiger partial charge in [0.25, 0.3) is 0 Å². The molecule has 0 aliphatic heterocycles. The van der Waals surface area contributed by atoms with E-state index in [2.05, 4.69) is 11.3 Å². The molecular weight excluding hydrogens is 235 g/mol. The Balaban J connectivity index is 2.28. The summed E-state index contributed by atoms with van der Waals surface area (Å²) in [5.41, 5.74) is 0. The standard InChI is InChI=1S/C10H7Cl2N2O/c1-14-10(2-3-13-14)15-9-5-7(11)4-8(12)6-9/h2,4-6H,1H3. The molecule has 0 spiro atoms. The third-order valence-corrected chi connectivity index (χ3v) is 2.21. The Kier molecular flexibility index (Phi) is 2.84. The summed E-state index contributed by atoms with van der Waals surface area (Å²) in [6.45, 7) is 0. The summed E-state index contributed by atoms with van der Waals surface area (Å²) in [5, 5.41) is 4.92. The topological polar surface area (TPSA) is 27.1 Å². The van der Waals surface area contributed by atoms with Crippen LogP contribution in [0.1, 0.15) is 0 Å². The zero-order valence-corrected chi connectivity index (χ0v) is 9.38. The molecule has 1 heterocycles. The van der Waals surface area contributed by atoms with Gasteiger partial charge in [0.05, 0.1) is 0 Å². The van der Waals surface area contributed by atoms with Crippen LogP contribution in [0.4, 0.5) is 0 Å². The fourth-order valence-corrected chi connectivity index (χ4v) is 1.62. The van der Waals surface area contributed by atoms with Gasteiger partial charge in [-0.2, -0.15) is 5.10 Å². The molecule has 77 valence electrons. The number of aromatic nitrogens is 2. The van der Waals surface area contributed by atoms with Crippen molar-refractivity contribution in [3.8, 4) is 11.6 Å². The molecule has 15 heavy (non-hydrogen) atoms. The molecule has 5 heteroatoms. The predicted octanol–water partition coefficient (Wildman–Crippen LogP) is 3.32. The summed E-state index contributed by atoms with van der Waals surface area (Å²) in [5.74, 6) is 1.15. The highest BCUT2D eigenvalue weighted by Gasteiger charge is 2.03. The average Bonchev–Trinajstić information content (AvgIpc) is 2.50. The lowest BCUT2D eigenvalue weighted by atomic mass is 10.3. The number of halogens is 2. The van der Waals surface area contributed by atoms with Crippen molar-refractivity contribution < 1.29 is 4.74 Å². The van der Waals surface area contributed by atoms with E-state index >= 15 is 0 Å². The molecule has 0 unspecified atom stereocenters. The predicted molar refractivity (Wildman–Crippen MR) is 58.6 cm³/mol. The highest BCUT2D eigenvalue weighted by atomic mass is 35.5. The van der Waals surface area contributed by atoms with Gasteiger partial charge in [0, 0.05) is 23.2 Å². The Labute approximate surface area is 97.2 Å². The van der Waals surface area contributed by atoms with Gasteiger partial charge in [0.1, 0.15) is 11.9 Å². The Morgan fingerprint density at radius 2 is 1.93 bits per heavy atom. The lowest BCUT2D eigenvalue weighted by Gasteiger charge is -2.05. The molecule has 0 aliphatic rings. The van der Waals surface area contributed by atoms with Gasteiger partial charge in [0.15, 0.2) is 0 Å². The lowest BCUT2D eigenvalue weighted by Crippen LogP contribution is -1.94. The Bertz CT molecular complexity index is 462. The zero-order chi connectivity index (χ0) is 10.8. The van der Waals surface area contributed by atoms with Gasteiger partial charge < -0.3 is 4.74 Å². The first kappa shape index (κ1) is 10.3. The van der Waals surface area contributed by atoms with Crippen LogP contribution >= 0.6 is 23.2 Å². The van der Waals surface area contributed by atoms with E-state index in [1.165, 1.54) is 0 Å². The molecule has 0 bridgehead atoms. The van der Waals surface area contributed by atoms with Crippen molar-refractivity contribution in [1.82, 2.24) is 9.78 Å². The number of nitrogens with zero attached hydrogens (tertiary/aromatic N) is 2. The van der Waals surface area contributed by atoms with E-state index in [-0.39, 0.29) is 0 Å². The van der Waals surface area contributed by atoms with Crippen molar-refractivity contribution in [1.29, 1.82) is 0 Å². The molecule has 1 aromatic heterocycles. The zero-order valence-electron chi connectivity index (χ0n) is 7.87. The van der Waals surface area contributed by atoms with Crippen molar-refractivity contribution in [3.63, 3.8) is 0 Å². The number of benzene rings is 1. The lowest BCUT2D eigenvalue weighted by molar-refractivity contribution is 0.431. The minimum Gasteiger partial charge on any atom is -0.439 e. The van der Waals surface area contributed by atoms with Gasteiger partial charge in [-0.05, 0) is 18.2 Å². The van der Waals surface area contributed by atoms with Gasteiger partial charge in [-0.3, -0.25) is 0 Å². The van der Waals surface area contributed by atoms with Crippen LogP contribution in [0.2, 0.25) is 10.0 Å². The molecule has 0 saturated heterocycles. The van der Waals surface area contributed by atoms with E-state index < -0.39 is 0 Å². The summed E-state index contributed by atoms with van der Waals surface area (Å²) in [6, 6.07) is 6.64. The smallest absolute Gasteiger partial charge is 0.218 e. The minimum absolute atomic E-state index is 0.531. The van der Waals surface area contributed by atoms with Crippen molar-refractivity contribution in [2.75, 3.05) is 0 Å². The maximum absolute atomic E-state index is 5.84. The highest BCUT2D eigenvalue weighted by molar-refractivity contribution is 6.34. The molecule has 0 fully saturated rings. The second-order valence-electron chi connectivity index (χ2n) is 2.94. The van der Waals surface area contributed by atoms with Crippen LogP contribution in [0.5, 0.6) is 11.6 Å². The summed E-state index contributed by atoms with van der Waals surface area (Å²) < 4.78 is 7.08. The van der Waals surface area contributed by atoms with E-state index in [4.69, 9.17) is 27.9 Å². The van der Waals surface area contributed by atoms with Gasteiger partial charge >= 0.3 is 0 Å². The average molecular weight is 242 g/mol. The molecule has 0 atom stereocenters. The third-order valence-electron chi connectivity index (χ3n) is 1.77. The minimum atomic E-state index is 0.531. The van der Waals surface area contributed by atoms with Crippen molar-refractivity contribution >= 4 is 23.2 Å². The number of ether oxygens (including phenoxy) is 1.